The number of benzene rings is 2. The second kappa shape index (κ2) is 6.05. The van der Waals surface area contributed by atoms with E-state index in [1.165, 1.54) is 13.8 Å². The van der Waals surface area contributed by atoms with Crippen LogP contribution in [-0.2, 0) is 9.59 Å². The van der Waals surface area contributed by atoms with Crippen LogP contribution in [0.1, 0.15) is 19.4 Å². The van der Waals surface area contributed by atoms with Crippen molar-refractivity contribution in [3.8, 4) is 16.9 Å². The van der Waals surface area contributed by atoms with Crippen molar-refractivity contribution >= 4 is 34.0 Å². The lowest BCUT2D eigenvalue weighted by molar-refractivity contribution is -0.115. The zero-order valence-electron chi connectivity index (χ0n) is 14.4. The predicted octanol–water partition coefficient (Wildman–Crippen LogP) is 2.98. The molecule has 0 aliphatic rings. The maximum Gasteiger partial charge on any atom is 0.221 e. The summed E-state index contributed by atoms with van der Waals surface area (Å²) in [4.78, 5) is 34.9. The van der Waals surface area contributed by atoms with Crippen LogP contribution >= 0.6 is 0 Å². The molecule has 128 valence electrons. The van der Waals surface area contributed by atoms with Crippen molar-refractivity contribution in [1.29, 1.82) is 0 Å². The largest absolute Gasteiger partial charge is 0.496 e. The Bertz CT molecular complexity index is 1030. The molecule has 0 unspecified atom stereocenters. The maximum absolute atomic E-state index is 11.8. The van der Waals surface area contributed by atoms with Gasteiger partial charge in [-0.15, -0.1) is 0 Å². The first-order valence-corrected chi connectivity index (χ1v) is 7.78. The molecular weight excluding hydrogens is 320 g/mol. The number of hydrogen-bond donors (Lipinski definition) is 2. The fraction of sp³-hybridized carbons (Fsp3) is 0.211. The molecule has 0 fully saturated rings. The number of nitrogens with one attached hydrogen (secondary N) is 2. The van der Waals surface area contributed by atoms with Crippen LogP contribution in [0.25, 0.3) is 21.9 Å². The average Bonchev–Trinajstić information content (AvgIpc) is 3.16. The van der Waals surface area contributed by atoms with Gasteiger partial charge < -0.3 is 15.4 Å². The number of rotatable bonds is 4. The van der Waals surface area contributed by atoms with Crippen LogP contribution in [0.4, 0.5) is 11.4 Å². The Morgan fingerprint density at radius 3 is 1.96 bits per heavy atom. The summed E-state index contributed by atoms with van der Waals surface area (Å²) >= 11 is 0. The molecule has 0 heterocycles. The zero-order valence-corrected chi connectivity index (χ0v) is 14.4. The first kappa shape index (κ1) is 16.7. The number of carbonyl (C=O) groups is 2. The normalized spacial score (nSPS) is 10.9. The molecule has 0 aliphatic carbocycles. The van der Waals surface area contributed by atoms with E-state index in [1.807, 2.05) is 13.0 Å². The molecule has 0 aromatic heterocycles. The van der Waals surface area contributed by atoms with E-state index in [1.54, 1.807) is 25.3 Å². The Hall–Kier alpha value is -3.15. The van der Waals surface area contributed by atoms with Crippen molar-refractivity contribution in [2.24, 2.45) is 0 Å². The molecule has 0 bridgehead atoms. The lowest BCUT2D eigenvalue weighted by Gasteiger charge is -2.17. The van der Waals surface area contributed by atoms with E-state index in [9.17, 15) is 14.4 Å². The Morgan fingerprint density at radius 2 is 1.40 bits per heavy atom. The molecule has 3 aromatic carbocycles. The summed E-state index contributed by atoms with van der Waals surface area (Å²) in [7, 11) is 1.56. The number of methoxy groups -OCH3 is 1. The minimum atomic E-state index is -0.236. The Labute approximate surface area is 144 Å². The van der Waals surface area contributed by atoms with Crippen molar-refractivity contribution in [3.63, 3.8) is 0 Å². The van der Waals surface area contributed by atoms with Gasteiger partial charge in [0.05, 0.1) is 12.8 Å². The first-order chi connectivity index (χ1) is 11.8. The third-order valence-corrected chi connectivity index (χ3v) is 4.03. The Morgan fingerprint density at radius 1 is 0.880 bits per heavy atom. The summed E-state index contributed by atoms with van der Waals surface area (Å²) in [5, 5.41) is 6.79. The smallest absolute Gasteiger partial charge is 0.221 e. The summed E-state index contributed by atoms with van der Waals surface area (Å²) in [5.41, 5.74) is 3.32. The number of amides is 2. The molecular formula is C19H18N2O4. The van der Waals surface area contributed by atoms with Crippen molar-refractivity contribution in [3.05, 3.63) is 40.1 Å². The molecule has 6 nitrogen and oxygen atoms in total. The molecule has 0 spiro atoms. The maximum atomic E-state index is 11.8. The van der Waals surface area contributed by atoms with Crippen LogP contribution < -0.4 is 20.8 Å². The van der Waals surface area contributed by atoms with E-state index < -0.39 is 0 Å². The molecule has 0 atom stereocenters. The number of anilines is 2. The molecule has 3 rings (SSSR count). The van der Waals surface area contributed by atoms with Gasteiger partial charge in [-0.25, -0.2) is 0 Å². The molecule has 2 amide bonds. The van der Waals surface area contributed by atoms with Gasteiger partial charge in [-0.05, 0) is 30.7 Å². The summed E-state index contributed by atoms with van der Waals surface area (Å²) in [6.07, 6.45) is 0. The number of hydrogen-bond acceptors (Lipinski definition) is 4. The second-order valence-corrected chi connectivity index (χ2v) is 6.00. The highest BCUT2D eigenvalue weighted by Gasteiger charge is 2.20. The molecule has 0 aliphatic heterocycles. The fourth-order valence-electron chi connectivity index (χ4n) is 2.87. The van der Waals surface area contributed by atoms with E-state index in [-0.39, 0.29) is 17.2 Å². The van der Waals surface area contributed by atoms with Gasteiger partial charge >= 0.3 is 0 Å². The Kier molecular flexibility index (Phi) is 4.04. The van der Waals surface area contributed by atoms with Crippen molar-refractivity contribution in [2.75, 3.05) is 17.7 Å². The monoisotopic (exact) mass is 338 g/mol. The highest BCUT2D eigenvalue weighted by atomic mass is 16.5. The molecule has 0 radical (unpaired) electrons. The average molecular weight is 338 g/mol. The van der Waals surface area contributed by atoms with Crippen molar-refractivity contribution in [2.45, 2.75) is 20.8 Å². The van der Waals surface area contributed by atoms with Crippen LogP contribution in [0.3, 0.4) is 0 Å². The quantitative estimate of drug-likeness (QED) is 0.766. The van der Waals surface area contributed by atoms with E-state index in [4.69, 9.17) is 4.74 Å². The number of aryl methyl sites for hydroxylation is 1. The lowest BCUT2D eigenvalue weighted by Crippen LogP contribution is -2.09. The minimum Gasteiger partial charge on any atom is -0.496 e. The highest BCUT2D eigenvalue weighted by Crippen LogP contribution is 2.40. The van der Waals surface area contributed by atoms with Crippen molar-refractivity contribution in [1.82, 2.24) is 0 Å². The standard InChI is InChI=1S/C19H18N2O4/c1-9-5-12(17(21-11(3)23)8-18(9)25-4)13-6-14-15(19(14)24)7-16(13)20-10(2)22/h5-8H,1-4H3,(H,20,22)(H,21,23). The van der Waals surface area contributed by atoms with E-state index in [2.05, 4.69) is 10.6 Å². The minimum absolute atomic E-state index is 0.0239. The number of carbonyl (C=O) groups excluding carboxylic acids is 2. The van der Waals surface area contributed by atoms with E-state index >= 15 is 0 Å². The van der Waals surface area contributed by atoms with Crippen LogP contribution in [0, 0.1) is 6.92 Å². The van der Waals surface area contributed by atoms with Gasteiger partial charge in [0.15, 0.2) is 5.43 Å². The van der Waals surface area contributed by atoms with Gasteiger partial charge in [-0.3, -0.25) is 14.4 Å². The van der Waals surface area contributed by atoms with Crippen LogP contribution in [-0.4, -0.2) is 18.9 Å². The summed E-state index contributed by atoms with van der Waals surface area (Å²) in [5.74, 6) is 0.174. The number of ether oxygens (including phenoxy) is 1. The van der Waals surface area contributed by atoms with Gasteiger partial charge in [0, 0.05) is 47.5 Å². The second-order valence-electron chi connectivity index (χ2n) is 6.00. The van der Waals surface area contributed by atoms with E-state index in [0.717, 1.165) is 5.56 Å². The van der Waals surface area contributed by atoms with Crippen LogP contribution in [0.2, 0.25) is 0 Å². The van der Waals surface area contributed by atoms with Gasteiger partial charge in [-0.1, -0.05) is 0 Å². The highest BCUT2D eigenvalue weighted by molar-refractivity contribution is 6.08. The predicted molar refractivity (Wildman–Crippen MR) is 97.9 cm³/mol. The Balaban J connectivity index is 2.25. The van der Waals surface area contributed by atoms with Gasteiger partial charge in [-0.2, -0.15) is 0 Å². The first-order valence-electron chi connectivity index (χ1n) is 7.78. The topological polar surface area (TPSA) is 84.5 Å². The molecule has 25 heavy (non-hydrogen) atoms. The molecule has 2 N–H and O–H groups in total. The summed E-state index contributed by atoms with van der Waals surface area (Å²) in [6.45, 7) is 4.71. The molecule has 6 heteroatoms. The van der Waals surface area contributed by atoms with Crippen LogP contribution in [0.5, 0.6) is 5.75 Å². The van der Waals surface area contributed by atoms with Crippen LogP contribution in [0.15, 0.2) is 29.1 Å². The fourth-order valence-corrected chi connectivity index (χ4v) is 2.87. The van der Waals surface area contributed by atoms with Gasteiger partial charge in [0.1, 0.15) is 5.75 Å². The van der Waals surface area contributed by atoms with E-state index in [0.29, 0.717) is 39.0 Å². The summed E-state index contributed by atoms with van der Waals surface area (Å²) in [6, 6.07) is 7.02. The van der Waals surface area contributed by atoms with Gasteiger partial charge in [0.25, 0.3) is 0 Å². The van der Waals surface area contributed by atoms with Crippen molar-refractivity contribution < 1.29 is 14.3 Å². The molecule has 0 saturated heterocycles. The SMILES string of the molecule is COc1cc(NC(C)=O)c(-c2cc3c(=O)c3cc2NC(C)=O)cc1C. The van der Waals surface area contributed by atoms with Gasteiger partial charge in [0.2, 0.25) is 11.8 Å². The molecule has 0 saturated carbocycles. The zero-order chi connectivity index (χ0) is 18.3. The third-order valence-electron chi connectivity index (χ3n) is 4.03. The number of fused-ring (bicyclic) bond motifs is 1. The summed E-state index contributed by atoms with van der Waals surface area (Å²) < 4.78 is 5.33. The molecule has 3 aromatic rings. The lowest BCUT2D eigenvalue weighted by atomic mass is 9.98. The third kappa shape index (κ3) is 3.10.